The van der Waals surface area contributed by atoms with Crippen LogP contribution in [-0.2, 0) is 17.8 Å². The van der Waals surface area contributed by atoms with Gasteiger partial charge in [0.1, 0.15) is 0 Å². The fraction of sp³-hybridized carbons (Fsp3) is 0.364. The van der Waals surface area contributed by atoms with Crippen molar-refractivity contribution >= 4 is 16.8 Å². The molecule has 27 heavy (non-hydrogen) atoms. The molecule has 1 saturated heterocycles. The first-order valence-electron chi connectivity index (χ1n) is 9.73. The van der Waals surface area contributed by atoms with Crippen LogP contribution in [0.25, 0.3) is 10.9 Å². The standard InChI is InChI=1S/C22H26N4O/c27-22(13-21-19-10-4-5-11-20(19)24-25-21)23-14-18-9-6-12-26(16-18)15-17-7-2-1-3-8-17/h1-5,7-8,10-11,18H,6,9,12-16H2,(H,23,27)(H,24,25). The van der Waals surface area contributed by atoms with Gasteiger partial charge in [-0.15, -0.1) is 0 Å². The molecule has 5 heteroatoms. The SMILES string of the molecule is O=C(Cc1[nH]nc2ccccc12)NCC1CCCN(Cc2ccccc2)C1. The number of hydrogen-bond acceptors (Lipinski definition) is 3. The Morgan fingerprint density at radius 3 is 2.85 bits per heavy atom. The third kappa shape index (κ3) is 4.55. The van der Waals surface area contributed by atoms with Crippen molar-refractivity contribution in [3.8, 4) is 0 Å². The van der Waals surface area contributed by atoms with E-state index >= 15 is 0 Å². The fourth-order valence-electron chi connectivity index (χ4n) is 3.93. The number of piperidine rings is 1. The van der Waals surface area contributed by atoms with E-state index in [4.69, 9.17) is 0 Å². The number of hydrogen-bond donors (Lipinski definition) is 2. The molecule has 1 aromatic heterocycles. The molecule has 5 nitrogen and oxygen atoms in total. The second-order valence-electron chi connectivity index (χ2n) is 7.43. The molecule has 0 spiro atoms. The molecule has 2 N–H and O–H groups in total. The van der Waals surface area contributed by atoms with Crippen molar-refractivity contribution in [1.82, 2.24) is 20.4 Å². The van der Waals surface area contributed by atoms with E-state index in [1.165, 1.54) is 18.4 Å². The van der Waals surface area contributed by atoms with E-state index in [2.05, 4.69) is 50.7 Å². The number of aromatic nitrogens is 2. The van der Waals surface area contributed by atoms with Crippen molar-refractivity contribution in [2.45, 2.75) is 25.8 Å². The summed E-state index contributed by atoms with van der Waals surface area (Å²) < 4.78 is 0. The van der Waals surface area contributed by atoms with Crippen LogP contribution in [0.5, 0.6) is 0 Å². The summed E-state index contributed by atoms with van der Waals surface area (Å²) in [6.07, 6.45) is 2.72. The number of aromatic amines is 1. The number of amides is 1. The van der Waals surface area contributed by atoms with E-state index in [0.29, 0.717) is 12.3 Å². The van der Waals surface area contributed by atoms with E-state index in [-0.39, 0.29) is 5.91 Å². The van der Waals surface area contributed by atoms with Gasteiger partial charge in [-0.05, 0) is 36.9 Å². The highest BCUT2D eigenvalue weighted by Crippen LogP contribution is 2.19. The molecule has 1 atom stereocenters. The molecule has 1 unspecified atom stereocenters. The minimum atomic E-state index is 0.0598. The van der Waals surface area contributed by atoms with Gasteiger partial charge in [-0.1, -0.05) is 48.5 Å². The monoisotopic (exact) mass is 362 g/mol. The number of rotatable bonds is 6. The van der Waals surface area contributed by atoms with Crippen LogP contribution in [-0.4, -0.2) is 40.6 Å². The highest BCUT2D eigenvalue weighted by atomic mass is 16.1. The Kier molecular flexibility index (Phi) is 5.49. The van der Waals surface area contributed by atoms with Crippen molar-refractivity contribution in [2.75, 3.05) is 19.6 Å². The van der Waals surface area contributed by atoms with Crippen LogP contribution in [0.2, 0.25) is 0 Å². The minimum Gasteiger partial charge on any atom is -0.355 e. The molecule has 1 fully saturated rings. The summed E-state index contributed by atoms with van der Waals surface area (Å²) >= 11 is 0. The first kappa shape index (κ1) is 17.7. The van der Waals surface area contributed by atoms with E-state index in [1.807, 2.05) is 24.3 Å². The van der Waals surface area contributed by atoms with Crippen LogP contribution in [0.4, 0.5) is 0 Å². The highest BCUT2D eigenvalue weighted by molar-refractivity contribution is 5.87. The first-order chi connectivity index (χ1) is 13.3. The molecule has 1 amide bonds. The Labute approximate surface area is 159 Å². The smallest absolute Gasteiger partial charge is 0.226 e. The average molecular weight is 362 g/mol. The second kappa shape index (κ2) is 8.35. The average Bonchev–Trinajstić information content (AvgIpc) is 3.10. The number of H-pyrrole nitrogens is 1. The van der Waals surface area contributed by atoms with Crippen LogP contribution in [0.1, 0.15) is 24.1 Å². The maximum absolute atomic E-state index is 12.4. The Balaban J connectivity index is 1.27. The summed E-state index contributed by atoms with van der Waals surface area (Å²) in [5.41, 5.74) is 3.15. The zero-order valence-electron chi connectivity index (χ0n) is 15.5. The van der Waals surface area contributed by atoms with Crippen LogP contribution in [0, 0.1) is 5.92 Å². The van der Waals surface area contributed by atoms with Crippen molar-refractivity contribution < 1.29 is 4.79 Å². The predicted octanol–water partition coefficient (Wildman–Crippen LogP) is 3.13. The summed E-state index contributed by atoms with van der Waals surface area (Å²) in [6.45, 7) is 3.92. The van der Waals surface area contributed by atoms with Gasteiger partial charge in [-0.3, -0.25) is 14.8 Å². The second-order valence-corrected chi connectivity index (χ2v) is 7.43. The van der Waals surface area contributed by atoms with Crippen molar-refractivity contribution in [1.29, 1.82) is 0 Å². The quantitative estimate of drug-likeness (QED) is 0.708. The van der Waals surface area contributed by atoms with Gasteiger partial charge < -0.3 is 5.32 Å². The lowest BCUT2D eigenvalue weighted by atomic mass is 9.97. The van der Waals surface area contributed by atoms with E-state index in [1.54, 1.807) is 0 Å². The molecule has 140 valence electrons. The van der Waals surface area contributed by atoms with Gasteiger partial charge in [0, 0.05) is 25.0 Å². The minimum absolute atomic E-state index is 0.0598. The Morgan fingerprint density at radius 2 is 1.96 bits per heavy atom. The number of carbonyl (C=O) groups excluding carboxylic acids is 1. The molecular weight excluding hydrogens is 336 g/mol. The van der Waals surface area contributed by atoms with Gasteiger partial charge in [0.15, 0.2) is 0 Å². The number of carbonyl (C=O) groups is 1. The molecule has 1 aliphatic heterocycles. The van der Waals surface area contributed by atoms with Crippen LogP contribution >= 0.6 is 0 Å². The van der Waals surface area contributed by atoms with Gasteiger partial charge in [0.05, 0.1) is 17.6 Å². The molecule has 3 aromatic rings. The topological polar surface area (TPSA) is 61.0 Å². The summed E-state index contributed by atoms with van der Waals surface area (Å²) in [5, 5.41) is 11.4. The van der Waals surface area contributed by atoms with E-state index in [0.717, 1.165) is 42.8 Å². The first-order valence-corrected chi connectivity index (χ1v) is 9.73. The van der Waals surface area contributed by atoms with Crippen molar-refractivity contribution in [3.63, 3.8) is 0 Å². The Morgan fingerprint density at radius 1 is 1.15 bits per heavy atom. The number of benzene rings is 2. The maximum Gasteiger partial charge on any atom is 0.226 e. The normalized spacial score (nSPS) is 17.9. The number of para-hydroxylation sites is 1. The lowest BCUT2D eigenvalue weighted by Gasteiger charge is -2.32. The molecule has 0 bridgehead atoms. The van der Waals surface area contributed by atoms with Gasteiger partial charge >= 0.3 is 0 Å². The lowest BCUT2D eigenvalue weighted by molar-refractivity contribution is -0.120. The Bertz CT molecular complexity index is 889. The van der Waals surface area contributed by atoms with Crippen LogP contribution < -0.4 is 5.32 Å². The van der Waals surface area contributed by atoms with Crippen LogP contribution in [0.3, 0.4) is 0 Å². The van der Waals surface area contributed by atoms with Gasteiger partial charge in [0.2, 0.25) is 5.91 Å². The molecule has 1 aliphatic rings. The van der Waals surface area contributed by atoms with Crippen molar-refractivity contribution in [2.24, 2.45) is 5.92 Å². The zero-order valence-corrected chi connectivity index (χ0v) is 15.5. The van der Waals surface area contributed by atoms with Crippen molar-refractivity contribution in [3.05, 3.63) is 65.9 Å². The predicted molar refractivity (Wildman–Crippen MR) is 107 cm³/mol. The summed E-state index contributed by atoms with van der Waals surface area (Å²) in [4.78, 5) is 14.9. The number of fused-ring (bicyclic) bond motifs is 1. The van der Waals surface area contributed by atoms with Crippen LogP contribution in [0.15, 0.2) is 54.6 Å². The van der Waals surface area contributed by atoms with Gasteiger partial charge in [-0.2, -0.15) is 5.10 Å². The van der Waals surface area contributed by atoms with E-state index in [9.17, 15) is 4.79 Å². The van der Waals surface area contributed by atoms with Gasteiger partial charge in [-0.25, -0.2) is 0 Å². The number of likely N-dealkylation sites (tertiary alicyclic amines) is 1. The molecule has 0 radical (unpaired) electrons. The molecular formula is C22H26N4O. The summed E-state index contributed by atoms with van der Waals surface area (Å²) in [5.74, 6) is 0.578. The number of nitrogens with zero attached hydrogens (tertiary/aromatic N) is 2. The molecule has 0 aliphatic carbocycles. The van der Waals surface area contributed by atoms with E-state index < -0.39 is 0 Å². The zero-order chi connectivity index (χ0) is 18.5. The maximum atomic E-state index is 12.4. The summed E-state index contributed by atoms with van der Waals surface area (Å²) in [7, 11) is 0. The fourth-order valence-corrected chi connectivity index (χ4v) is 3.93. The highest BCUT2D eigenvalue weighted by Gasteiger charge is 2.20. The molecule has 4 rings (SSSR count). The molecule has 2 aromatic carbocycles. The number of nitrogens with one attached hydrogen (secondary N) is 2. The third-order valence-corrected chi connectivity index (χ3v) is 5.32. The largest absolute Gasteiger partial charge is 0.355 e. The molecule has 0 saturated carbocycles. The summed E-state index contributed by atoms with van der Waals surface area (Å²) in [6, 6.07) is 18.5. The van der Waals surface area contributed by atoms with Gasteiger partial charge in [0.25, 0.3) is 0 Å². The third-order valence-electron chi connectivity index (χ3n) is 5.32. The Hall–Kier alpha value is -2.66. The lowest BCUT2D eigenvalue weighted by Crippen LogP contribution is -2.40. The molecule has 2 heterocycles.